The van der Waals surface area contributed by atoms with Crippen molar-refractivity contribution in [3.8, 4) is 6.07 Å². The van der Waals surface area contributed by atoms with Crippen LogP contribution in [-0.4, -0.2) is 32.1 Å². The van der Waals surface area contributed by atoms with Crippen molar-refractivity contribution in [3.05, 3.63) is 35.4 Å². The van der Waals surface area contributed by atoms with Crippen molar-refractivity contribution in [1.82, 2.24) is 10.2 Å². The first kappa shape index (κ1) is 13.7. The maximum Gasteiger partial charge on any atom is 0.0991 e. The van der Waals surface area contributed by atoms with Gasteiger partial charge in [-0.1, -0.05) is 12.1 Å². The summed E-state index contributed by atoms with van der Waals surface area (Å²) in [6, 6.07) is 9.91. The van der Waals surface area contributed by atoms with E-state index in [2.05, 4.69) is 30.4 Å². The Labute approximate surface area is 104 Å². The van der Waals surface area contributed by atoms with Gasteiger partial charge in [-0.2, -0.15) is 5.26 Å². The number of unbranched alkanes of at least 4 members (excludes halogenated alkanes) is 1. The Hall–Kier alpha value is -1.37. The van der Waals surface area contributed by atoms with Gasteiger partial charge in [0.15, 0.2) is 0 Å². The van der Waals surface area contributed by atoms with Crippen molar-refractivity contribution in [1.29, 1.82) is 5.26 Å². The van der Waals surface area contributed by atoms with Gasteiger partial charge in [0.2, 0.25) is 0 Å². The van der Waals surface area contributed by atoms with Gasteiger partial charge < -0.3 is 10.2 Å². The summed E-state index contributed by atoms with van der Waals surface area (Å²) in [6.07, 6.45) is 2.41. The Morgan fingerprint density at radius 3 is 2.82 bits per heavy atom. The number of benzene rings is 1. The molecule has 0 aliphatic heterocycles. The van der Waals surface area contributed by atoms with Crippen molar-refractivity contribution < 1.29 is 0 Å². The van der Waals surface area contributed by atoms with E-state index in [1.54, 1.807) is 0 Å². The number of nitrogens with zero attached hydrogens (tertiary/aromatic N) is 2. The molecule has 0 spiro atoms. The molecule has 3 heteroatoms. The fourth-order valence-corrected chi connectivity index (χ4v) is 1.66. The van der Waals surface area contributed by atoms with Crippen molar-refractivity contribution in [2.45, 2.75) is 19.4 Å². The number of nitrogens with one attached hydrogen (secondary N) is 1. The standard InChI is InChI=1S/C14H21N3/c1-17(2)9-4-3-8-16-12-14-7-5-6-13(10-14)11-15/h5-7,10,16H,3-4,8-9,12H2,1-2H3. The number of rotatable bonds is 7. The second kappa shape index (κ2) is 7.83. The lowest BCUT2D eigenvalue weighted by atomic mass is 10.1. The van der Waals surface area contributed by atoms with Gasteiger partial charge in [-0.25, -0.2) is 0 Å². The van der Waals surface area contributed by atoms with Crippen LogP contribution in [0, 0.1) is 11.3 Å². The highest BCUT2D eigenvalue weighted by atomic mass is 15.0. The molecule has 0 atom stereocenters. The molecule has 0 aromatic heterocycles. The average molecular weight is 231 g/mol. The molecular formula is C14H21N3. The molecule has 0 amide bonds. The first-order valence-electron chi connectivity index (χ1n) is 6.07. The SMILES string of the molecule is CN(C)CCCCNCc1cccc(C#N)c1. The van der Waals surface area contributed by atoms with E-state index >= 15 is 0 Å². The molecule has 0 unspecified atom stereocenters. The number of hydrogen-bond acceptors (Lipinski definition) is 3. The highest BCUT2D eigenvalue weighted by Gasteiger charge is 1.95. The van der Waals surface area contributed by atoms with Gasteiger partial charge in [-0.3, -0.25) is 0 Å². The molecule has 0 fully saturated rings. The normalized spacial score (nSPS) is 10.5. The fourth-order valence-electron chi connectivity index (χ4n) is 1.66. The molecule has 0 saturated heterocycles. The number of hydrogen-bond donors (Lipinski definition) is 1. The van der Waals surface area contributed by atoms with E-state index < -0.39 is 0 Å². The second-order valence-corrected chi connectivity index (χ2v) is 4.50. The van der Waals surface area contributed by atoms with Crippen LogP contribution in [0.2, 0.25) is 0 Å². The molecular weight excluding hydrogens is 210 g/mol. The van der Waals surface area contributed by atoms with Crippen molar-refractivity contribution in [2.75, 3.05) is 27.2 Å². The summed E-state index contributed by atoms with van der Waals surface area (Å²) < 4.78 is 0. The Kier molecular flexibility index (Phi) is 6.31. The molecule has 0 aliphatic rings. The lowest BCUT2D eigenvalue weighted by Gasteiger charge is -2.09. The smallest absolute Gasteiger partial charge is 0.0991 e. The van der Waals surface area contributed by atoms with Gasteiger partial charge in [0.05, 0.1) is 11.6 Å². The monoisotopic (exact) mass is 231 g/mol. The first-order valence-corrected chi connectivity index (χ1v) is 6.07. The lowest BCUT2D eigenvalue weighted by Crippen LogP contribution is -2.18. The van der Waals surface area contributed by atoms with Crippen LogP contribution in [0.3, 0.4) is 0 Å². The van der Waals surface area contributed by atoms with Crippen LogP contribution in [-0.2, 0) is 6.54 Å². The predicted octanol–water partition coefficient (Wildman–Crippen LogP) is 1.99. The Morgan fingerprint density at radius 1 is 1.29 bits per heavy atom. The molecule has 0 saturated carbocycles. The molecule has 0 aliphatic carbocycles. The van der Waals surface area contributed by atoms with Gasteiger partial charge in [-0.05, 0) is 57.7 Å². The minimum atomic E-state index is 0.733. The molecule has 92 valence electrons. The fraction of sp³-hybridized carbons (Fsp3) is 0.500. The highest BCUT2D eigenvalue weighted by molar-refractivity contribution is 5.32. The van der Waals surface area contributed by atoms with E-state index in [1.165, 1.54) is 18.4 Å². The van der Waals surface area contributed by atoms with E-state index in [-0.39, 0.29) is 0 Å². The Bertz CT molecular complexity index is 366. The maximum atomic E-state index is 8.78. The molecule has 1 N–H and O–H groups in total. The summed E-state index contributed by atoms with van der Waals surface area (Å²) in [6.45, 7) is 3.02. The number of nitriles is 1. The van der Waals surface area contributed by atoms with Gasteiger partial charge in [0.25, 0.3) is 0 Å². The highest BCUT2D eigenvalue weighted by Crippen LogP contribution is 2.03. The van der Waals surface area contributed by atoms with Crippen molar-refractivity contribution >= 4 is 0 Å². The third-order valence-electron chi connectivity index (χ3n) is 2.59. The first-order chi connectivity index (χ1) is 8.22. The molecule has 17 heavy (non-hydrogen) atoms. The van der Waals surface area contributed by atoms with E-state index in [4.69, 9.17) is 5.26 Å². The van der Waals surface area contributed by atoms with Crippen LogP contribution < -0.4 is 5.32 Å². The van der Waals surface area contributed by atoms with E-state index in [0.717, 1.165) is 25.2 Å². The van der Waals surface area contributed by atoms with Crippen LogP contribution in [0.15, 0.2) is 24.3 Å². The Balaban J connectivity index is 2.16. The van der Waals surface area contributed by atoms with Crippen LogP contribution in [0.4, 0.5) is 0 Å². The minimum absolute atomic E-state index is 0.733. The van der Waals surface area contributed by atoms with Crippen LogP contribution in [0.5, 0.6) is 0 Å². The molecule has 0 bridgehead atoms. The third kappa shape index (κ3) is 6.06. The van der Waals surface area contributed by atoms with E-state index in [9.17, 15) is 0 Å². The summed E-state index contributed by atoms with van der Waals surface area (Å²) >= 11 is 0. The molecule has 3 nitrogen and oxygen atoms in total. The summed E-state index contributed by atoms with van der Waals surface area (Å²) in [4.78, 5) is 2.20. The molecule has 1 aromatic carbocycles. The lowest BCUT2D eigenvalue weighted by molar-refractivity contribution is 0.391. The second-order valence-electron chi connectivity index (χ2n) is 4.50. The third-order valence-corrected chi connectivity index (χ3v) is 2.59. The largest absolute Gasteiger partial charge is 0.313 e. The summed E-state index contributed by atoms with van der Waals surface area (Å²) in [5.74, 6) is 0. The van der Waals surface area contributed by atoms with Gasteiger partial charge in [0, 0.05) is 6.54 Å². The van der Waals surface area contributed by atoms with Crippen LogP contribution in [0.25, 0.3) is 0 Å². The molecule has 1 rings (SSSR count). The predicted molar refractivity (Wildman–Crippen MR) is 70.7 cm³/mol. The van der Waals surface area contributed by atoms with Crippen LogP contribution in [0.1, 0.15) is 24.0 Å². The molecule has 0 heterocycles. The Morgan fingerprint density at radius 2 is 2.12 bits per heavy atom. The topological polar surface area (TPSA) is 39.1 Å². The maximum absolute atomic E-state index is 8.78. The minimum Gasteiger partial charge on any atom is -0.313 e. The zero-order valence-corrected chi connectivity index (χ0v) is 10.7. The van der Waals surface area contributed by atoms with E-state index in [0.29, 0.717) is 0 Å². The summed E-state index contributed by atoms with van der Waals surface area (Å²) in [7, 11) is 4.20. The summed E-state index contributed by atoms with van der Waals surface area (Å²) in [5.41, 5.74) is 1.91. The zero-order chi connectivity index (χ0) is 12.5. The molecule has 0 radical (unpaired) electrons. The van der Waals surface area contributed by atoms with Gasteiger partial charge in [-0.15, -0.1) is 0 Å². The summed E-state index contributed by atoms with van der Waals surface area (Å²) in [5, 5.41) is 12.2. The quantitative estimate of drug-likeness (QED) is 0.729. The van der Waals surface area contributed by atoms with E-state index in [1.807, 2.05) is 24.3 Å². The van der Waals surface area contributed by atoms with Crippen molar-refractivity contribution in [3.63, 3.8) is 0 Å². The van der Waals surface area contributed by atoms with Crippen molar-refractivity contribution in [2.24, 2.45) is 0 Å². The van der Waals surface area contributed by atoms with Crippen LogP contribution >= 0.6 is 0 Å². The molecule has 1 aromatic rings. The average Bonchev–Trinajstić information content (AvgIpc) is 2.33. The zero-order valence-electron chi connectivity index (χ0n) is 10.7. The van der Waals surface area contributed by atoms with Gasteiger partial charge in [0.1, 0.15) is 0 Å². The van der Waals surface area contributed by atoms with Gasteiger partial charge >= 0.3 is 0 Å².